The number of nitrogens with zero attached hydrogens (tertiary/aromatic N) is 1. The van der Waals surface area contributed by atoms with Crippen LogP contribution in [0.5, 0.6) is 0 Å². The number of aryl methyl sites for hydroxylation is 1. The van der Waals surface area contributed by atoms with Crippen LogP contribution in [-0.2, 0) is 16.0 Å². The maximum atomic E-state index is 12.3. The molecule has 3 rings (SSSR count). The molecule has 0 aromatic heterocycles. The van der Waals surface area contributed by atoms with Gasteiger partial charge in [0.05, 0.1) is 0 Å². The zero-order chi connectivity index (χ0) is 18.2. The van der Waals surface area contributed by atoms with Gasteiger partial charge in [-0.3, -0.25) is 9.59 Å². The first kappa shape index (κ1) is 17.8. The van der Waals surface area contributed by atoms with Gasteiger partial charge in [-0.05, 0) is 30.5 Å². The van der Waals surface area contributed by atoms with Crippen LogP contribution < -0.4 is 5.32 Å². The number of hydrogen-bond acceptors (Lipinski definition) is 2. The first-order valence-corrected chi connectivity index (χ1v) is 8.90. The van der Waals surface area contributed by atoms with E-state index in [0.717, 1.165) is 18.4 Å². The van der Waals surface area contributed by atoms with E-state index in [1.807, 2.05) is 65.6 Å². The second kappa shape index (κ2) is 8.87. The lowest BCUT2D eigenvalue weighted by molar-refractivity contribution is -0.130. The van der Waals surface area contributed by atoms with Gasteiger partial charge in [0.1, 0.15) is 0 Å². The van der Waals surface area contributed by atoms with Gasteiger partial charge in [-0.25, -0.2) is 0 Å². The average molecular weight is 346 g/mol. The number of likely N-dealkylation sites (tertiary alicyclic amines) is 1. The van der Waals surface area contributed by atoms with Gasteiger partial charge in [-0.1, -0.05) is 54.5 Å². The van der Waals surface area contributed by atoms with E-state index < -0.39 is 0 Å². The van der Waals surface area contributed by atoms with E-state index in [4.69, 9.17) is 0 Å². The molecule has 1 saturated heterocycles. The molecule has 4 heteroatoms. The highest BCUT2D eigenvalue weighted by Gasteiger charge is 2.26. The zero-order valence-corrected chi connectivity index (χ0v) is 14.7. The minimum Gasteiger partial charge on any atom is -0.341 e. The first-order valence-electron chi connectivity index (χ1n) is 8.90. The topological polar surface area (TPSA) is 49.4 Å². The van der Waals surface area contributed by atoms with Crippen molar-refractivity contribution in [2.45, 2.75) is 25.3 Å². The lowest BCUT2D eigenvalue weighted by Crippen LogP contribution is -2.38. The Kier molecular flexibility index (Phi) is 6.05. The fraction of sp³-hybridized carbons (Fsp3) is 0.273. The van der Waals surface area contributed by atoms with E-state index in [1.165, 1.54) is 5.56 Å². The van der Waals surface area contributed by atoms with Crippen molar-refractivity contribution < 1.29 is 9.59 Å². The molecule has 2 aromatic rings. The fourth-order valence-electron chi connectivity index (χ4n) is 3.03. The lowest BCUT2D eigenvalue weighted by atomic mass is 10.1. The number of amides is 2. The fourth-order valence-corrected chi connectivity index (χ4v) is 3.03. The molecular weight excluding hydrogens is 324 g/mol. The van der Waals surface area contributed by atoms with E-state index in [9.17, 15) is 9.59 Å². The highest BCUT2D eigenvalue weighted by atomic mass is 16.2. The predicted octanol–water partition coefficient (Wildman–Crippen LogP) is 2.39. The molecule has 0 bridgehead atoms. The number of carbonyl (C=O) groups excluding carboxylic acids is 2. The molecule has 26 heavy (non-hydrogen) atoms. The molecule has 0 aliphatic carbocycles. The summed E-state index contributed by atoms with van der Waals surface area (Å²) in [6.45, 7) is 1.25. The third-order valence-corrected chi connectivity index (χ3v) is 4.44. The summed E-state index contributed by atoms with van der Waals surface area (Å²) in [5.74, 6) is 5.31. The van der Waals surface area contributed by atoms with Gasteiger partial charge in [-0.2, -0.15) is 0 Å². The predicted molar refractivity (Wildman–Crippen MR) is 101 cm³/mol. The zero-order valence-electron chi connectivity index (χ0n) is 14.7. The molecule has 1 aliphatic heterocycles. The Hall–Kier alpha value is -3.06. The molecule has 0 saturated carbocycles. The van der Waals surface area contributed by atoms with Gasteiger partial charge >= 0.3 is 0 Å². The minimum atomic E-state index is -0.294. The van der Waals surface area contributed by atoms with Gasteiger partial charge < -0.3 is 10.2 Å². The summed E-state index contributed by atoms with van der Waals surface area (Å²) < 4.78 is 0. The lowest BCUT2D eigenvalue weighted by Gasteiger charge is -2.16. The van der Waals surface area contributed by atoms with Crippen molar-refractivity contribution in [3.05, 3.63) is 71.8 Å². The van der Waals surface area contributed by atoms with Crippen molar-refractivity contribution >= 4 is 11.8 Å². The van der Waals surface area contributed by atoms with E-state index >= 15 is 0 Å². The van der Waals surface area contributed by atoms with E-state index in [-0.39, 0.29) is 17.9 Å². The Balaban J connectivity index is 1.44. The minimum absolute atomic E-state index is 0.0201. The van der Waals surface area contributed by atoms with Crippen molar-refractivity contribution in [1.82, 2.24) is 10.2 Å². The van der Waals surface area contributed by atoms with Crippen LogP contribution in [-0.4, -0.2) is 35.8 Å². The summed E-state index contributed by atoms with van der Waals surface area (Å²) in [4.78, 5) is 26.1. The molecule has 0 unspecified atom stereocenters. The molecule has 2 amide bonds. The van der Waals surface area contributed by atoms with Crippen LogP contribution in [0.2, 0.25) is 0 Å². The van der Waals surface area contributed by atoms with E-state index in [1.54, 1.807) is 0 Å². The van der Waals surface area contributed by atoms with E-state index in [2.05, 4.69) is 17.2 Å². The van der Waals surface area contributed by atoms with Gasteiger partial charge in [0, 0.05) is 37.0 Å². The summed E-state index contributed by atoms with van der Waals surface area (Å²) in [6, 6.07) is 19.4. The largest absolute Gasteiger partial charge is 0.341 e. The molecule has 1 fully saturated rings. The number of nitrogens with one attached hydrogen (secondary N) is 1. The van der Waals surface area contributed by atoms with E-state index in [0.29, 0.717) is 19.5 Å². The molecule has 0 spiro atoms. The van der Waals surface area contributed by atoms with Crippen LogP contribution in [0, 0.1) is 11.8 Å². The van der Waals surface area contributed by atoms with Crippen LogP contribution in [0.25, 0.3) is 0 Å². The molecule has 1 heterocycles. The van der Waals surface area contributed by atoms with Gasteiger partial charge in [-0.15, -0.1) is 0 Å². The highest BCUT2D eigenvalue weighted by molar-refractivity contribution is 5.94. The van der Waals surface area contributed by atoms with Crippen LogP contribution >= 0.6 is 0 Å². The molecule has 0 radical (unpaired) electrons. The summed E-state index contributed by atoms with van der Waals surface area (Å²) in [5, 5.41) is 2.90. The quantitative estimate of drug-likeness (QED) is 0.864. The standard InChI is InChI=1S/C22H22N2O2/c25-21(13-11-18-7-3-1-4-8-18)23-20-15-16-24(17-20)22(26)14-12-19-9-5-2-6-10-19/h1-10,20H,12,14-17H2,(H,23,25)/t20-/m1/s1. The normalized spacial score (nSPS) is 15.8. The Morgan fingerprint density at radius 3 is 2.46 bits per heavy atom. The second-order valence-corrected chi connectivity index (χ2v) is 6.40. The Labute approximate surface area is 154 Å². The summed E-state index contributed by atoms with van der Waals surface area (Å²) in [6.07, 6.45) is 2.02. The van der Waals surface area contributed by atoms with Gasteiger partial charge in [0.2, 0.25) is 5.91 Å². The Morgan fingerprint density at radius 2 is 1.73 bits per heavy atom. The SMILES string of the molecule is O=C(C#Cc1ccccc1)N[C@@H]1CCN(C(=O)CCc2ccccc2)C1. The van der Waals surface area contributed by atoms with Crippen molar-refractivity contribution in [1.29, 1.82) is 0 Å². The van der Waals surface area contributed by atoms with Crippen LogP contribution in [0.4, 0.5) is 0 Å². The Morgan fingerprint density at radius 1 is 1.04 bits per heavy atom. The summed E-state index contributed by atoms with van der Waals surface area (Å²) >= 11 is 0. The molecule has 2 aromatic carbocycles. The smallest absolute Gasteiger partial charge is 0.296 e. The van der Waals surface area contributed by atoms with Gasteiger partial charge in [0.25, 0.3) is 5.91 Å². The third kappa shape index (κ3) is 5.22. The molecule has 4 nitrogen and oxygen atoms in total. The number of hydrogen-bond donors (Lipinski definition) is 1. The first-order chi connectivity index (χ1) is 12.7. The van der Waals surface area contributed by atoms with Crippen LogP contribution in [0.3, 0.4) is 0 Å². The highest BCUT2D eigenvalue weighted by Crippen LogP contribution is 2.12. The average Bonchev–Trinajstić information content (AvgIpc) is 3.14. The summed E-state index contributed by atoms with van der Waals surface area (Å²) in [7, 11) is 0. The second-order valence-electron chi connectivity index (χ2n) is 6.40. The number of carbonyl (C=O) groups is 2. The molecule has 1 atom stereocenters. The molecule has 132 valence electrons. The van der Waals surface area contributed by atoms with Crippen molar-refractivity contribution in [3.63, 3.8) is 0 Å². The number of rotatable bonds is 4. The Bertz CT molecular complexity index is 806. The number of benzene rings is 2. The van der Waals surface area contributed by atoms with Crippen molar-refractivity contribution in [3.8, 4) is 11.8 Å². The molecule has 1 aliphatic rings. The summed E-state index contributed by atoms with van der Waals surface area (Å²) in [5.41, 5.74) is 1.98. The van der Waals surface area contributed by atoms with Gasteiger partial charge in [0.15, 0.2) is 0 Å². The van der Waals surface area contributed by atoms with Crippen molar-refractivity contribution in [2.24, 2.45) is 0 Å². The maximum Gasteiger partial charge on any atom is 0.296 e. The van der Waals surface area contributed by atoms with Crippen LogP contribution in [0.15, 0.2) is 60.7 Å². The molecular formula is C22H22N2O2. The molecule has 1 N–H and O–H groups in total. The monoisotopic (exact) mass is 346 g/mol. The van der Waals surface area contributed by atoms with Crippen LogP contribution in [0.1, 0.15) is 24.0 Å². The maximum absolute atomic E-state index is 12.3. The van der Waals surface area contributed by atoms with Crippen molar-refractivity contribution in [2.75, 3.05) is 13.1 Å². The third-order valence-electron chi connectivity index (χ3n) is 4.44.